The van der Waals surface area contributed by atoms with Gasteiger partial charge in [0.1, 0.15) is 24.7 Å². The van der Waals surface area contributed by atoms with Crippen LogP contribution in [0.15, 0.2) is 72.8 Å². The second kappa shape index (κ2) is 9.22. The van der Waals surface area contributed by atoms with E-state index in [-0.39, 0.29) is 18.7 Å². The van der Waals surface area contributed by atoms with Gasteiger partial charge in [0.25, 0.3) is 5.91 Å². The lowest BCUT2D eigenvalue weighted by Crippen LogP contribution is -2.27. The van der Waals surface area contributed by atoms with Gasteiger partial charge in [0.05, 0.1) is 11.6 Å². The lowest BCUT2D eigenvalue weighted by atomic mass is 10.1. The molecule has 1 N–H and O–H groups in total. The highest BCUT2D eigenvalue weighted by atomic mass is 16.7. The van der Waals surface area contributed by atoms with E-state index < -0.39 is 0 Å². The van der Waals surface area contributed by atoms with Crippen LogP contribution in [0.25, 0.3) is 0 Å². The van der Waals surface area contributed by atoms with Crippen LogP contribution in [0.2, 0.25) is 0 Å². The summed E-state index contributed by atoms with van der Waals surface area (Å²) in [6, 6.07) is 22.2. The van der Waals surface area contributed by atoms with Crippen LogP contribution in [0, 0.1) is 0 Å². The third kappa shape index (κ3) is 4.66. The van der Waals surface area contributed by atoms with Gasteiger partial charge < -0.3 is 24.3 Å². The van der Waals surface area contributed by atoms with Crippen LogP contribution in [0.5, 0.6) is 23.0 Å². The zero-order chi connectivity index (χ0) is 20.8. The Balaban J connectivity index is 1.35. The van der Waals surface area contributed by atoms with Gasteiger partial charge in [-0.05, 0) is 48.9 Å². The number of carbonyl (C=O) groups is 1. The first-order chi connectivity index (χ1) is 14.7. The molecule has 0 spiro atoms. The SMILES string of the molecule is CC(NC(=O)c1ccccc1OCCOc1ccccc1)c1ccc2c(c1)OCO2. The monoisotopic (exact) mass is 405 g/mol. The number of benzene rings is 3. The molecule has 1 heterocycles. The van der Waals surface area contributed by atoms with Crippen molar-refractivity contribution in [2.45, 2.75) is 13.0 Å². The summed E-state index contributed by atoms with van der Waals surface area (Å²) < 4.78 is 22.2. The van der Waals surface area contributed by atoms with Crippen LogP contribution in [0.1, 0.15) is 28.9 Å². The van der Waals surface area contributed by atoms with Gasteiger partial charge in [-0.1, -0.05) is 36.4 Å². The van der Waals surface area contributed by atoms with Crippen molar-refractivity contribution in [3.8, 4) is 23.0 Å². The number of amides is 1. The summed E-state index contributed by atoms with van der Waals surface area (Å²) in [4.78, 5) is 12.9. The summed E-state index contributed by atoms with van der Waals surface area (Å²) in [7, 11) is 0. The number of nitrogens with one attached hydrogen (secondary N) is 1. The molecule has 4 rings (SSSR count). The minimum Gasteiger partial charge on any atom is -0.490 e. The Kier molecular flexibility index (Phi) is 6.03. The number of para-hydroxylation sites is 2. The van der Waals surface area contributed by atoms with Gasteiger partial charge in [0, 0.05) is 0 Å². The molecule has 0 radical (unpaired) electrons. The fraction of sp³-hybridized carbons (Fsp3) is 0.208. The van der Waals surface area contributed by atoms with Crippen molar-refractivity contribution in [3.05, 3.63) is 83.9 Å². The summed E-state index contributed by atoms with van der Waals surface area (Å²) in [6.45, 7) is 2.86. The quantitative estimate of drug-likeness (QED) is 0.564. The maximum absolute atomic E-state index is 12.9. The maximum atomic E-state index is 12.9. The molecule has 3 aromatic carbocycles. The highest BCUT2D eigenvalue weighted by molar-refractivity contribution is 5.97. The topological polar surface area (TPSA) is 66.0 Å². The first-order valence-electron chi connectivity index (χ1n) is 9.81. The number of fused-ring (bicyclic) bond motifs is 1. The molecule has 1 aliphatic heterocycles. The second-order valence-corrected chi connectivity index (χ2v) is 6.81. The largest absolute Gasteiger partial charge is 0.490 e. The van der Waals surface area contributed by atoms with Crippen molar-refractivity contribution in [2.24, 2.45) is 0 Å². The third-order valence-electron chi connectivity index (χ3n) is 4.73. The van der Waals surface area contributed by atoms with Gasteiger partial charge in [-0.2, -0.15) is 0 Å². The van der Waals surface area contributed by atoms with Crippen LogP contribution in [-0.4, -0.2) is 25.9 Å². The van der Waals surface area contributed by atoms with E-state index in [1.165, 1.54) is 0 Å². The lowest BCUT2D eigenvalue weighted by Gasteiger charge is -2.17. The molecule has 0 bridgehead atoms. The molecule has 6 nitrogen and oxygen atoms in total. The molecular weight excluding hydrogens is 382 g/mol. The van der Waals surface area contributed by atoms with E-state index in [1.807, 2.05) is 67.6 Å². The first-order valence-corrected chi connectivity index (χ1v) is 9.81. The molecule has 0 saturated carbocycles. The van der Waals surface area contributed by atoms with Crippen molar-refractivity contribution in [3.63, 3.8) is 0 Å². The van der Waals surface area contributed by atoms with Gasteiger partial charge in [-0.3, -0.25) is 4.79 Å². The summed E-state index contributed by atoms with van der Waals surface area (Å²) >= 11 is 0. The van der Waals surface area contributed by atoms with Crippen LogP contribution < -0.4 is 24.3 Å². The average molecular weight is 405 g/mol. The van der Waals surface area contributed by atoms with E-state index in [1.54, 1.807) is 12.1 Å². The highest BCUT2D eigenvalue weighted by Crippen LogP contribution is 2.34. The number of carbonyl (C=O) groups excluding carboxylic acids is 1. The molecule has 1 atom stereocenters. The fourth-order valence-electron chi connectivity index (χ4n) is 3.15. The second-order valence-electron chi connectivity index (χ2n) is 6.81. The Bertz CT molecular complexity index is 1010. The van der Waals surface area contributed by atoms with Crippen molar-refractivity contribution >= 4 is 5.91 Å². The molecule has 1 aliphatic rings. The van der Waals surface area contributed by atoms with Gasteiger partial charge in [-0.15, -0.1) is 0 Å². The summed E-state index contributed by atoms with van der Waals surface area (Å²) in [5.41, 5.74) is 1.41. The summed E-state index contributed by atoms with van der Waals surface area (Å²) in [5, 5.41) is 3.01. The zero-order valence-electron chi connectivity index (χ0n) is 16.7. The van der Waals surface area contributed by atoms with E-state index in [4.69, 9.17) is 18.9 Å². The average Bonchev–Trinajstić information content (AvgIpc) is 3.25. The molecule has 1 unspecified atom stereocenters. The van der Waals surface area contributed by atoms with E-state index >= 15 is 0 Å². The van der Waals surface area contributed by atoms with Crippen LogP contribution in [0.3, 0.4) is 0 Å². The van der Waals surface area contributed by atoms with E-state index in [2.05, 4.69) is 5.32 Å². The molecule has 30 heavy (non-hydrogen) atoms. The van der Waals surface area contributed by atoms with Crippen molar-refractivity contribution < 1.29 is 23.7 Å². The molecular formula is C24H23NO5. The predicted molar refractivity (Wildman–Crippen MR) is 112 cm³/mol. The molecule has 0 fully saturated rings. The van der Waals surface area contributed by atoms with E-state index in [0.717, 1.165) is 11.3 Å². The predicted octanol–water partition coefficient (Wildman–Crippen LogP) is 4.36. The van der Waals surface area contributed by atoms with Crippen molar-refractivity contribution in [1.82, 2.24) is 5.32 Å². The van der Waals surface area contributed by atoms with Crippen LogP contribution >= 0.6 is 0 Å². The van der Waals surface area contributed by atoms with Gasteiger partial charge in [-0.25, -0.2) is 0 Å². The molecule has 6 heteroatoms. The molecule has 0 aromatic heterocycles. The zero-order valence-corrected chi connectivity index (χ0v) is 16.7. The number of ether oxygens (including phenoxy) is 4. The molecule has 1 amide bonds. The standard InChI is InChI=1S/C24H23NO5/c1-17(18-11-12-22-23(15-18)30-16-29-22)25-24(26)20-9-5-6-10-21(20)28-14-13-27-19-7-3-2-4-8-19/h2-12,15,17H,13-14,16H2,1H3,(H,25,26). The Morgan fingerprint density at radius 2 is 1.67 bits per heavy atom. The third-order valence-corrected chi connectivity index (χ3v) is 4.73. The van der Waals surface area contributed by atoms with Crippen LogP contribution in [0.4, 0.5) is 0 Å². The Labute approximate surface area is 175 Å². The Hall–Kier alpha value is -3.67. The summed E-state index contributed by atoms with van der Waals surface area (Å²) in [5.74, 6) is 2.50. The van der Waals surface area contributed by atoms with Gasteiger partial charge in [0.2, 0.25) is 6.79 Å². The maximum Gasteiger partial charge on any atom is 0.255 e. The normalized spacial score (nSPS) is 12.8. The van der Waals surface area contributed by atoms with Gasteiger partial charge in [0.15, 0.2) is 11.5 Å². The minimum absolute atomic E-state index is 0.207. The Morgan fingerprint density at radius 1 is 0.933 bits per heavy atom. The number of hydrogen-bond donors (Lipinski definition) is 1. The van der Waals surface area contributed by atoms with Crippen molar-refractivity contribution in [2.75, 3.05) is 20.0 Å². The fourth-order valence-corrected chi connectivity index (χ4v) is 3.15. The summed E-state index contributed by atoms with van der Waals surface area (Å²) in [6.07, 6.45) is 0. The smallest absolute Gasteiger partial charge is 0.255 e. The molecule has 0 aliphatic carbocycles. The first kappa shape index (κ1) is 19.6. The Morgan fingerprint density at radius 3 is 2.53 bits per heavy atom. The minimum atomic E-state index is -0.209. The number of rotatable bonds is 8. The highest BCUT2D eigenvalue weighted by Gasteiger charge is 2.19. The molecule has 0 saturated heterocycles. The van der Waals surface area contributed by atoms with Gasteiger partial charge >= 0.3 is 0 Å². The van der Waals surface area contributed by atoms with Crippen LogP contribution in [-0.2, 0) is 0 Å². The van der Waals surface area contributed by atoms with E-state index in [9.17, 15) is 4.79 Å². The number of hydrogen-bond acceptors (Lipinski definition) is 5. The van der Waals surface area contributed by atoms with Crippen molar-refractivity contribution in [1.29, 1.82) is 0 Å². The molecule has 154 valence electrons. The molecule has 3 aromatic rings. The van der Waals surface area contributed by atoms with E-state index in [0.29, 0.717) is 36.0 Å². The lowest BCUT2D eigenvalue weighted by molar-refractivity contribution is 0.0934.